The second-order valence-corrected chi connectivity index (χ2v) is 6.85. The topological polar surface area (TPSA) is 42.2 Å². The molecule has 3 nitrogen and oxygen atoms in total. The van der Waals surface area contributed by atoms with Crippen LogP contribution in [0, 0.1) is 17.2 Å². The van der Waals surface area contributed by atoms with E-state index in [1.54, 1.807) is 0 Å². The van der Waals surface area contributed by atoms with E-state index in [1.807, 2.05) is 6.07 Å². The van der Waals surface area contributed by atoms with Crippen molar-refractivity contribution in [3.8, 4) is 6.07 Å². The molecule has 1 saturated heterocycles. The van der Waals surface area contributed by atoms with E-state index in [9.17, 15) is 5.26 Å². The first-order valence-electron chi connectivity index (χ1n) is 9.54. The van der Waals surface area contributed by atoms with Crippen LogP contribution in [0.1, 0.15) is 81.8 Å². The van der Waals surface area contributed by atoms with Crippen molar-refractivity contribution in [3.63, 3.8) is 0 Å². The third kappa shape index (κ3) is 5.61. The van der Waals surface area contributed by atoms with Gasteiger partial charge in [0.2, 0.25) is 0 Å². The molecule has 0 saturated carbocycles. The minimum atomic E-state index is -0.316. The van der Waals surface area contributed by atoms with E-state index >= 15 is 0 Å². The fraction of sp³-hybridized carbons (Fsp3) is 0.667. The zero-order valence-corrected chi connectivity index (χ0v) is 15.2. The van der Waals surface area contributed by atoms with Gasteiger partial charge in [-0.2, -0.15) is 5.26 Å². The van der Waals surface area contributed by atoms with Gasteiger partial charge in [-0.15, -0.1) is 0 Å². The second kappa shape index (κ2) is 10.5. The summed E-state index contributed by atoms with van der Waals surface area (Å²) in [5.74, 6) is 0.511. The molecule has 1 aromatic carbocycles. The fourth-order valence-corrected chi connectivity index (χ4v) is 3.21. The van der Waals surface area contributed by atoms with Crippen molar-refractivity contribution < 1.29 is 9.47 Å². The molecule has 1 aromatic rings. The minimum absolute atomic E-state index is 0.316. The van der Waals surface area contributed by atoms with Crippen LogP contribution in [0.15, 0.2) is 18.2 Å². The van der Waals surface area contributed by atoms with Gasteiger partial charge < -0.3 is 9.47 Å². The number of rotatable bonds is 9. The number of benzene rings is 1. The van der Waals surface area contributed by atoms with Crippen LogP contribution in [0.25, 0.3) is 0 Å². The van der Waals surface area contributed by atoms with E-state index in [1.165, 1.54) is 38.5 Å². The summed E-state index contributed by atoms with van der Waals surface area (Å²) in [4.78, 5) is 0. The van der Waals surface area contributed by atoms with Crippen molar-refractivity contribution in [1.82, 2.24) is 0 Å². The highest BCUT2D eigenvalue weighted by Gasteiger charge is 2.23. The van der Waals surface area contributed by atoms with Gasteiger partial charge in [0, 0.05) is 11.5 Å². The van der Waals surface area contributed by atoms with Crippen molar-refractivity contribution in [2.45, 2.75) is 71.5 Å². The highest BCUT2D eigenvalue weighted by molar-refractivity contribution is 5.41. The molecular weight excluding hydrogens is 298 g/mol. The maximum atomic E-state index is 9.43. The molecule has 0 bridgehead atoms. The Morgan fingerprint density at radius 3 is 2.42 bits per heavy atom. The van der Waals surface area contributed by atoms with E-state index in [2.05, 4.69) is 32.0 Å². The Balaban J connectivity index is 1.90. The lowest BCUT2D eigenvalue weighted by molar-refractivity contribution is -0.206. The first-order chi connectivity index (χ1) is 11.8. The number of aryl methyl sites for hydroxylation is 1. The minimum Gasteiger partial charge on any atom is -0.348 e. The highest BCUT2D eigenvalue weighted by Crippen LogP contribution is 2.28. The Labute approximate surface area is 147 Å². The SMILES string of the molecule is CCCCCc1ccc(C2OCC(CCCCC)CO2)cc1C#N. The first-order valence-corrected chi connectivity index (χ1v) is 9.54. The van der Waals surface area contributed by atoms with Gasteiger partial charge in [-0.3, -0.25) is 0 Å². The Hall–Kier alpha value is -1.37. The van der Waals surface area contributed by atoms with Crippen LogP contribution in [0.3, 0.4) is 0 Å². The van der Waals surface area contributed by atoms with Crippen molar-refractivity contribution >= 4 is 0 Å². The van der Waals surface area contributed by atoms with E-state index in [4.69, 9.17) is 9.47 Å². The Bertz CT molecular complexity index is 527. The lowest BCUT2D eigenvalue weighted by Crippen LogP contribution is -2.27. The molecule has 0 atom stereocenters. The predicted molar refractivity (Wildman–Crippen MR) is 96.7 cm³/mol. The summed E-state index contributed by atoms with van der Waals surface area (Å²) < 4.78 is 11.8. The number of nitriles is 1. The lowest BCUT2D eigenvalue weighted by atomic mass is 9.98. The van der Waals surface area contributed by atoms with Crippen molar-refractivity contribution in [3.05, 3.63) is 34.9 Å². The number of unbranched alkanes of at least 4 members (excludes halogenated alkanes) is 4. The second-order valence-electron chi connectivity index (χ2n) is 6.85. The summed E-state index contributed by atoms with van der Waals surface area (Å²) in [7, 11) is 0. The van der Waals surface area contributed by atoms with E-state index in [0.717, 1.165) is 42.7 Å². The Morgan fingerprint density at radius 2 is 1.75 bits per heavy atom. The summed E-state index contributed by atoms with van der Waals surface area (Å²) in [6, 6.07) is 8.41. The molecule has 0 unspecified atom stereocenters. The molecule has 1 fully saturated rings. The highest BCUT2D eigenvalue weighted by atomic mass is 16.7. The van der Waals surface area contributed by atoms with E-state index < -0.39 is 0 Å². The third-order valence-electron chi connectivity index (χ3n) is 4.76. The summed E-state index contributed by atoms with van der Waals surface area (Å²) in [6.45, 7) is 5.94. The largest absolute Gasteiger partial charge is 0.348 e. The molecule has 0 aliphatic carbocycles. The van der Waals surface area contributed by atoms with Crippen LogP contribution in [0.4, 0.5) is 0 Å². The summed E-state index contributed by atoms with van der Waals surface area (Å²) in [5, 5.41) is 9.43. The summed E-state index contributed by atoms with van der Waals surface area (Å²) in [6.07, 6.45) is 9.17. The van der Waals surface area contributed by atoms with Gasteiger partial charge in [0.25, 0.3) is 0 Å². The van der Waals surface area contributed by atoms with Crippen LogP contribution in [-0.4, -0.2) is 13.2 Å². The standard InChI is InChI=1S/C21H31NO2/c1-3-5-7-9-17-15-23-21(24-16-17)19-12-11-18(10-8-6-4-2)20(13-19)14-22/h11-13,17,21H,3-10,15-16H2,1-2H3. The van der Waals surface area contributed by atoms with Crippen LogP contribution >= 0.6 is 0 Å². The maximum Gasteiger partial charge on any atom is 0.183 e. The zero-order valence-electron chi connectivity index (χ0n) is 15.2. The van der Waals surface area contributed by atoms with Gasteiger partial charge in [0.1, 0.15) is 0 Å². The van der Waals surface area contributed by atoms with Crippen molar-refractivity contribution in [2.24, 2.45) is 5.92 Å². The molecule has 0 amide bonds. The Morgan fingerprint density at radius 1 is 1.04 bits per heavy atom. The zero-order chi connectivity index (χ0) is 17.2. The summed E-state index contributed by atoms with van der Waals surface area (Å²) >= 11 is 0. The molecule has 3 heteroatoms. The third-order valence-corrected chi connectivity index (χ3v) is 4.76. The summed E-state index contributed by atoms with van der Waals surface area (Å²) in [5.41, 5.74) is 2.88. The van der Waals surface area contributed by atoms with Crippen molar-refractivity contribution in [2.75, 3.05) is 13.2 Å². The molecule has 24 heavy (non-hydrogen) atoms. The molecule has 1 heterocycles. The van der Waals surface area contributed by atoms with E-state index in [-0.39, 0.29) is 6.29 Å². The number of nitrogens with zero attached hydrogens (tertiary/aromatic N) is 1. The van der Waals surface area contributed by atoms with Gasteiger partial charge >= 0.3 is 0 Å². The molecule has 0 spiro atoms. The quantitative estimate of drug-likeness (QED) is 0.559. The Kier molecular flexibility index (Phi) is 8.28. The maximum absolute atomic E-state index is 9.43. The van der Waals surface area contributed by atoms with Crippen molar-refractivity contribution in [1.29, 1.82) is 5.26 Å². The first kappa shape index (κ1) is 19.0. The lowest BCUT2D eigenvalue weighted by Gasteiger charge is -2.30. The average molecular weight is 329 g/mol. The van der Waals surface area contributed by atoms with Crippen LogP contribution in [0.2, 0.25) is 0 Å². The van der Waals surface area contributed by atoms with Crippen LogP contribution in [0.5, 0.6) is 0 Å². The number of ether oxygens (including phenoxy) is 2. The molecule has 1 aliphatic rings. The fourth-order valence-electron chi connectivity index (χ4n) is 3.21. The monoisotopic (exact) mass is 329 g/mol. The molecule has 2 rings (SSSR count). The van der Waals surface area contributed by atoms with Gasteiger partial charge in [0.15, 0.2) is 6.29 Å². The number of hydrogen-bond acceptors (Lipinski definition) is 3. The number of hydrogen-bond donors (Lipinski definition) is 0. The van der Waals surface area contributed by atoms with Gasteiger partial charge in [-0.1, -0.05) is 58.1 Å². The van der Waals surface area contributed by atoms with Crippen LogP contribution < -0.4 is 0 Å². The molecule has 0 aromatic heterocycles. The molecule has 132 valence electrons. The van der Waals surface area contributed by atoms with Gasteiger partial charge in [-0.25, -0.2) is 0 Å². The predicted octanol–water partition coefficient (Wildman–Crippen LogP) is 5.53. The molecular formula is C21H31NO2. The normalized spacial score (nSPS) is 20.7. The molecule has 0 N–H and O–H groups in total. The average Bonchev–Trinajstić information content (AvgIpc) is 2.63. The van der Waals surface area contributed by atoms with E-state index in [0.29, 0.717) is 5.92 Å². The van der Waals surface area contributed by atoms with Gasteiger partial charge in [0.05, 0.1) is 24.8 Å². The smallest absolute Gasteiger partial charge is 0.183 e. The molecule has 1 aliphatic heterocycles. The van der Waals surface area contributed by atoms with Crippen LogP contribution in [-0.2, 0) is 15.9 Å². The molecule has 0 radical (unpaired) electrons. The van der Waals surface area contributed by atoms with Gasteiger partial charge in [-0.05, 0) is 30.9 Å².